The lowest BCUT2D eigenvalue weighted by atomic mass is 10.1. The van der Waals surface area contributed by atoms with Crippen LogP contribution in [0.4, 0.5) is 5.82 Å². The number of ether oxygens (including phenoxy) is 2. The van der Waals surface area contributed by atoms with Crippen molar-refractivity contribution in [3.63, 3.8) is 0 Å². The zero-order valence-corrected chi connectivity index (χ0v) is 11.9. The number of methoxy groups -OCH3 is 1. The average molecular weight is 282 g/mol. The van der Waals surface area contributed by atoms with E-state index in [0.717, 1.165) is 5.56 Å². The molecule has 0 saturated heterocycles. The number of benzene rings is 1. The first-order valence-corrected chi connectivity index (χ1v) is 6.25. The van der Waals surface area contributed by atoms with Gasteiger partial charge in [-0.1, -0.05) is 11.6 Å². The van der Waals surface area contributed by atoms with E-state index in [4.69, 9.17) is 26.8 Å². The monoisotopic (exact) mass is 281 g/mol. The molecule has 6 heteroatoms. The molecule has 0 unspecified atom stereocenters. The normalized spacial score (nSPS) is 10.5. The fourth-order valence-corrected chi connectivity index (χ4v) is 2.13. The van der Waals surface area contributed by atoms with Crippen molar-refractivity contribution >= 4 is 17.4 Å². The van der Waals surface area contributed by atoms with Gasteiger partial charge in [-0.05, 0) is 19.1 Å². The van der Waals surface area contributed by atoms with E-state index in [9.17, 15) is 0 Å². The van der Waals surface area contributed by atoms with Crippen molar-refractivity contribution in [2.75, 3.05) is 19.5 Å². The second kappa shape index (κ2) is 5.40. The molecule has 1 aromatic heterocycles. The van der Waals surface area contributed by atoms with Crippen molar-refractivity contribution in [2.24, 2.45) is 7.05 Å². The van der Waals surface area contributed by atoms with E-state index in [1.807, 2.05) is 6.92 Å². The lowest BCUT2D eigenvalue weighted by molar-refractivity contribution is 0.312. The number of aromatic nitrogens is 2. The van der Waals surface area contributed by atoms with Crippen LogP contribution in [0.25, 0.3) is 11.1 Å². The summed E-state index contributed by atoms with van der Waals surface area (Å²) < 4.78 is 12.6. The quantitative estimate of drug-likeness (QED) is 0.936. The minimum absolute atomic E-state index is 0.504. The van der Waals surface area contributed by atoms with Crippen molar-refractivity contribution in [1.29, 1.82) is 0 Å². The molecule has 19 heavy (non-hydrogen) atoms. The van der Waals surface area contributed by atoms with Gasteiger partial charge in [0.15, 0.2) is 11.5 Å². The molecule has 1 aromatic carbocycles. The maximum atomic E-state index is 6.28. The summed E-state index contributed by atoms with van der Waals surface area (Å²) in [6.07, 6.45) is 1.67. The molecule has 0 amide bonds. The van der Waals surface area contributed by atoms with E-state index in [0.29, 0.717) is 34.5 Å². The van der Waals surface area contributed by atoms with Crippen LogP contribution in [0.5, 0.6) is 11.5 Å². The summed E-state index contributed by atoms with van der Waals surface area (Å²) >= 11 is 6.28. The standard InChI is InChI=1S/C13H16ClN3O2/c1-4-19-12-10(18-3)6-5-9(14)11(12)8-7-16-17(2)13(8)15/h5-7H,4,15H2,1-3H3. The van der Waals surface area contributed by atoms with Crippen molar-refractivity contribution in [2.45, 2.75) is 6.92 Å². The minimum atomic E-state index is 0.504. The second-order valence-corrected chi connectivity index (χ2v) is 4.36. The van der Waals surface area contributed by atoms with Gasteiger partial charge in [0, 0.05) is 12.6 Å². The Bertz CT molecular complexity index is 596. The minimum Gasteiger partial charge on any atom is -0.493 e. The lowest BCUT2D eigenvalue weighted by Gasteiger charge is -2.15. The highest BCUT2D eigenvalue weighted by Crippen LogP contribution is 2.44. The number of rotatable bonds is 4. The van der Waals surface area contributed by atoms with E-state index in [-0.39, 0.29) is 0 Å². The van der Waals surface area contributed by atoms with Crippen molar-refractivity contribution < 1.29 is 9.47 Å². The predicted molar refractivity (Wildman–Crippen MR) is 75.8 cm³/mol. The smallest absolute Gasteiger partial charge is 0.170 e. The van der Waals surface area contributed by atoms with E-state index in [2.05, 4.69) is 5.10 Å². The van der Waals surface area contributed by atoms with Gasteiger partial charge in [-0.2, -0.15) is 5.10 Å². The number of nitrogens with two attached hydrogens (primary N) is 1. The van der Waals surface area contributed by atoms with Crippen molar-refractivity contribution in [3.8, 4) is 22.6 Å². The average Bonchev–Trinajstić information content (AvgIpc) is 2.72. The fraction of sp³-hybridized carbons (Fsp3) is 0.308. The highest BCUT2D eigenvalue weighted by Gasteiger charge is 2.20. The van der Waals surface area contributed by atoms with Gasteiger partial charge in [-0.25, -0.2) is 0 Å². The topological polar surface area (TPSA) is 62.3 Å². The Morgan fingerprint density at radius 2 is 2.16 bits per heavy atom. The molecule has 2 aromatic rings. The van der Waals surface area contributed by atoms with Gasteiger partial charge in [0.1, 0.15) is 5.82 Å². The zero-order chi connectivity index (χ0) is 14.0. The first-order chi connectivity index (χ1) is 9.10. The third kappa shape index (κ3) is 2.33. The molecule has 0 atom stereocenters. The molecule has 0 radical (unpaired) electrons. The molecule has 0 aliphatic rings. The number of hydrogen-bond acceptors (Lipinski definition) is 4. The molecule has 1 heterocycles. The summed E-state index contributed by atoms with van der Waals surface area (Å²) in [5, 5.41) is 4.67. The van der Waals surface area contributed by atoms with Crippen LogP contribution in [0.1, 0.15) is 6.92 Å². The summed E-state index contributed by atoms with van der Waals surface area (Å²) in [5.74, 6) is 1.72. The van der Waals surface area contributed by atoms with Gasteiger partial charge < -0.3 is 15.2 Å². The largest absolute Gasteiger partial charge is 0.493 e. The Kier molecular flexibility index (Phi) is 3.85. The number of aryl methyl sites for hydroxylation is 1. The molecule has 0 aliphatic heterocycles. The van der Waals surface area contributed by atoms with E-state index >= 15 is 0 Å². The highest BCUT2D eigenvalue weighted by atomic mass is 35.5. The first kappa shape index (κ1) is 13.5. The molecular formula is C13H16ClN3O2. The molecule has 0 spiro atoms. The van der Waals surface area contributed by atoms with Gasteiger partial charge in [0.05, 0.1) is 30.5 Å². The third-order valence-electron chi connectivity index (χ3n) is 2.83. The Labute approximate surface area is 116 Å². The molecule has 2 N–H and O–H groups in total. The number of halogens is 1. The summed E-state index contributed by atoms with van der Waals surface area (Å²) in [5.41, 5.74) is 7.44. The van der Waals surface area contributed by atoms with Gasteiger partial charge in [0.2, 0.25) is 0 Å². The Morgan fingerprint density at radius 1 is 1.42 bits per heavy atom. The van der Waals surface area contributed by atoms with Crippen LogP contribution in [-0.4, -0.2) is 23.5 Å². The van der Waals surface area contributed by atoms with Gasteiger partial charge in [0.25, 0.3) is 0 Å². The Morgan fingerprint density at radius 3 is 2.68 bits per heavy atom. The first-order valence-electron chi connectivity index (χ1n) is 5.87. The predicted octanol–water partition coefficient (Wildman–Crippen LogP) is 2.73. The van der Waals surface area contributed by atoms with E-state index < -0.39 is 0 Å². The molecule has 0 fully saturated rings. The summed E-state index contributed by atoms with van der Waals surface area (Å²) in [7, 11) is 3.36. The third-order valence-corrected chi connectivity index (χ3v) is 3.15. The van der Waals surface area contributed by atoms with E-state index in [1.54, 1.807) is 37.2 Å². The number of anilines is 1. The number of hydrogen-bond donors (Lipinski definition) is 1. The van der Waals surface area contributed by atoms with Crippen LogP contribution in [0, 0.1) is 0 Å². The molecule has 0 aliphatic carbocycles. The molecule has 5 nitrogen and oxygen atoms in total. The number of nitrogen functional groups attached to an aromatic ring is 1. The van der Waals surface area contributed by atoms with Crippen LogP contribution in [0.3, 0.4) is 0 Å². The van der Waals surface area contributed by atoms with E-state index in [1.165, 1.54) is 0 Å². The highest BCUT2D eigenvalue weighted by molar-refractivity contribution is 6.34. The number of nitrogens with zero attached hydrogens (tertiary/aromatic N) is 2. The Hall–Kier alpha value is -1.88. The second-order valence-electron chi connectivity index (χ2n) is 3.95. The van der Waals surface area contributed by atoms with Crippen molar-refractivity contribution in [1.82, 2.24) is 9.78 Å². The SMILES string of the molecule is CCOc1c(OC)ccc(Cl)c1-c1cnn(C)c1N. The zero-order valence-electron chi connectivity index (χ0n) is 11.1. The van der Waals surface area contributed by atoms with Crippen molar-refractivity contribution in [3.05, 3.63) is 23.4 Å². The maximum absolute atomic E-state index is 6.28. The maximum Gasteiger partial charge on any atom is 0.170 e. The summed E-state index contributed by atoms with van der Waals surface area (Å²) in [6, 6.07) is 3.52. The molecule has 2 rings (SSSR count). The van der Waals surface area contributed by atoms with Crippen LogP contribution >= 0.6 is 11.6 Å². The molecule has 102 valence electrons. The van der Waals surface area contributed by atoms with Gasteiger partial charge in [-0.15, -0.1) is 0 Å². The molecular weight excluding hydrogens is 266 g/mol. The lowest BCUT2D eigenvalue weighted by Crippen LogP contribution is -2.01. The van der Waals surface area contributed by atoms with Crippen LogP contribution in [0.2, 0.25) is 5.02 Å². The molecule has 0 bridgehead atoms. The van der Waals surface area contributed by atoms with Crippen LogP contribution < -0.4 is 15.2 Å². The fourth-order valence-electron chi connectivity index (χ4n) is 1.88. The molecule has 0 saturated carbocycles. The summed E-state index contributed by atoms with van der Waals surface area (Å²) in [6.45, 7) is 2.40. The summed E-state index contributed by atoms with van der Waals surface area (Å²) in [4.78, 5) is 0. The van der Waals surface area contributed by atoms with Crippen LogP contribution in [0.15, 0.2) is 18.3 Å². The Balaban J connectivity index is 2.70. The van der Waals surface area contributed by atoms with Gasteiger partial charge in [-0.3, -0.25) is 4.68 Å². The van der Waals surface area contributed by atoms with Crippen LogP contribution in [-0.2, 0) is 7.05 Å². The van der Waals surface area contributed by atoms with Gasteiger partial charge >= 0.3 is 0 Å².